The molecule has 1 aliphatic rings. The summed E-state index contributed by atoms with van der Waals surface area (Å²) in [6.45, 7) is 0. The lowest BCUT2D eigenvalue weighted by atomic mass is 9.99. The maximum absolute atomic E-state index is 6.89. The van der Waals surface area contributed by atoms with E-state index >= 15 is 0 Å². The fourth-order valence-electron chi connectivity index (χ4n) is 6.83. The highest BCUT2D eigenvalue weighted by Gasteiger charge is 2.24. The van der Waals surface area contributed by atoms with Gasteiger partial charge in [-0.05, 0) is 40.7 Å². The number of thioether (sulfide) groups is 1. The van der Waals surface area contributed by atoms with Crippen molar-refractivity contribution in [2.75, 3.05) is 11.5 Å². The first-order chi connectivity index (χ1) is 25.7. The lowest BCUT2D eigenvalue weighted by molar-refractivity contribution is 0.669. The standard InChI is InChI=1S/C46H34N4OS/c47-38-28-40-41(37-18-10-11-19-39(37)51-40)42(43(38)52-29-30-12-4-1-5-13-30)46-49-44(35-16-8-3-9-17-35)48-45(50-46)36-26-24-34(25-27-36)33-22-20-32(21-23-33)31-14-6-2-7-15-31/h1-12,14-28,30H,13,29,47H2. The lowest BCUT2D eigenvalue weighted by Crippen LogP contribution is -2.05. The van der Waals surface area contributed by atoms with Crippen LogP contribution in [-0.2, 0) is 0 Å². The molecule has 0 amide bonds. The second kappa shape index (κ2) is 13.8. The number of furan rings is 1. The van der Waals surface area contributed by atoms with Crippen LogP contribution in [0.4, 0.5) is 5.69 Å². The third kappa shape index (κ3) is 6.18. The molecule has 5 nitrogen and oxygen atoms in total. The third-order valence-electron chi connectivity index (χ3n) is 9.52. The number of fused-ring (bicyclic) bond motifs is 3. The van der Waals surface area contributed by atoms with E-state index in [0.717, 1.165) is 61.2 Å². The van der Waals surface area contributed by atoms with Crippen LogP contribution in [0, 0.1) is 5.92 Å². The molecule has 6 aromatic carbocycles. The molecule has 1 atom stereocenters. The van der Waals surface area contributed by atoms with Gasteiger partial charge in [0, 0.05) is 49.9 Å². The van der Waals surface area contributed by atoms with Gasteiger partial charge in [-0.2, -0.15) is 0 Å². The second-order valence-corrected chi connectivity index (χ2v) is 14.0. The first-order valence-electron chi connectivity index (χ1n) is 17.5. The van der Waals surface area contributed by atoms with E-state index in [4.69, 9.17) is 25.1 Å². The molecular weight excluding hydrogens is 657 g/mol. The highest BCUT2D eigenvalue weighted by Crippen LogP contribution is 2.46. The van der Waals surface area contributed by atoms with Crippen molar-refractivity contribution in [3.05, 3.63) is 164 Å². The fourth-order valence-corrected chi connectivity index (χ4v) is 8.03. The van der Waals surface area contributed by atoms with Gasteiger partial charge in [-0.1, -0.05) is 152 Å². The third-order valence-corrected chi connectivity index (χ3v) is 10.8. The number of benzene rings is 6. The van der Waals surface area contributed by atoms with Crippen LogP contribution < -0.4 is 5.73 Å². The number of nitrogens with two attached hydrogens (primary N) is 1. The molecule has 2 N–H and O–H groups in total. The fraction of sp³-hybridized carbons (Fsp3) is 0.0652. The molecule has 1 unspecified atom stereocenters. The Kier molecular flexibility index (Phi) is 8.43. The van der Waals surface area contributed by atoms with Crippen molar-refractivity contribution < 1.29 is 4.42 Å². The van der Waals surface area contributed by atoms with Crippen LogP contribution >= 0.6 is 11.8 Å². The van der Waals surface area contributed by atoms with Crippen molar-refractivity contribution in [3.8, 4) is 56.4 Å². The first-order valence-corrected chi connectivity index (χ1v) is 18.4. The number of para-hydroxylation sites is 1. The van der Waals surface area contributed by atoms with Gasteiger partial charge in [0.05, 0.1) is 0 Å². The number of rotatable bonds is 8. The molecule has 2 heterocycles. The molecule has 6 heteroatoms. The summed E-state index contributed by atoms with van der Waals surface area (Å²) in [6.07, 6.45) is 9.72. The molecule has 0 saturated heterocycles. The van der Waals surface area contributed by atoms with Crippen molar-refractivity contribution in [2.45, 2.75) is 11.3 Å². The van der Waals surface area contributed by atoms with Gasteiger partial charge in [0.25, 0.3) is 0 Å². The van der Waals surface area contributed by atoms with Gasteiger partial charge >= 0.3 is 0 Å². The molecular formula is C46H34N4OS. The Bertz CT molecular complexity index is 2590. The van der Waals surface area contributed by atoms with Crippen LogP contribution in [0.15, 0.2) is 173 Å². The van der Waals surface area contributed by atoms with E-state index < -0.39 is 0 Å². The van der Waals surface area contributed by atoms with Crippen LogP contribution in [0.3, 0.4) is 0 Å². The quantitative estimate of drug-likeness (QED) is 0.126. The van der Waals surface area contributed by atoms with E-state index in [2.05, 4.69) is 103 Å². The minimum atomic E-state index is 0.404. The average molecular weight is 691 g/mol. The number of anilines is 1. The molecule has 9 rings (SSSR count). The van der Waals surface area contributed by atoms with Crippen molar-refractivity contribution in [3.63, 3.8) is 0 Å². The highest BCUT2D eigenvalue weighted by atomic mass is 32.2. The predicted octanol–water partition coefficient (Wildman–Crippen LogP) is 11.9. The van der Waals surface area contributed by atoms with Gasteiger partial charge in [0.15, 0.2) is 17.5 Å². The van der Waals surface area contributed by atoms with Gasteiger partial charge in [0.2, 0.25) is 0 Å². The molecule has 52 heavy (non-hydrogen) atoms. The molecule has 1 aliphatic carbocycles. The summed E-state index contributed by atoms with van der Waals surface area (Å²) in [4.78, 5) is 16.4. The number of nitrogens with zero attached hydrogens (tertiary/aromatic N) is 3. The summed E-state index contributed by atoms with van der Waals surface area (Å²) in [5, 5.41) is 1.96. The summed E-state index contributed by atoms with van der Waals surface area (Å²) in [5.74, 6) is 3.03. The summed E-state index contributed by atoms with van der Waals surface area (Å²) in [5.41, 5.74) is 16.4. The van der Waals surface area contributed by atoms with Crippen molar-refractivity contribution in [1.82, 2.24) is 15.0 Å². The number of aromatic nitrogens is 3. The molecule has 0 radical (unpaired) electrons. The van der Waals surface area contributed by atoms with Crippen LogP contribution in [-0.4, -0.2) is 20.7 Å². The molecule has 0 fully saturated rings. The number of nitrogen functional groups attached to an aromatic ring is 1. The minimum absolute atomic E-state index is 0.404. The van der Waals surface area contributed by atoms with E-state index in [1.165, 1.54) is 11.1 Å². The second-order valence-electron chi connectivity index (χ2n) is 13.0. The Morgan fingerprint density at radius 3 is 1.75 bits per heavy atom. The zero-order valence-electron chi connectivity index (χ0n) is 28.3. The van der Waals surface area contributed by atoms with Crippen molar-refractivity contribution in [2.24, 2.45) is 5.92 Å². The van der Waals surface area contributed by atoms with Crippen LogP contribution in [0.5, 0.6) is 0 Å². The number of hydrogen-bond acceptors (Lipinski definition) is 6. The van der Waals surface area contributed by atoms with Crippen LogP contribution in [0.1, 0.15) is 6.42 Å². The van der Waals surface area contributed by atoms with Gasteiger partial charge in [-0.15, -0.1) is 11.8 Å². The van der Waals surface area contributed by atoms with E-state index in [1.54, 1.807) is 11.8 Å². The Morgan fingerprint density at radius 2 is 1.12 bits per heavy atom. The number of allylic oxidation sites excluding steroid dienone is 4. The summed E-state index contributed by atoms with van der Waals surface area (Å²) in [6, 6.07) is 47.7. The van der Waals surface area contributed by atoms with E-state index in [1.807, 2.05) is 60.7 Å². The first kappa shape index (κ1) is 31.7. The topological polar surface area (TPSA) is 77.8 Å². The maximum Gasteiger partial charge on any atom is 0.166 e. The molecule has 0 spiro atoms. The van der Waals surface area contributed by atoms with Crippen LogP contribution in [0.25, 0.3) is 78.4 Å². The average Bonchev–Trinajstić information content (AvgIpc) is 3.58. The zero-order chi connectivity index (χ0) is 34.9. The minimum Gasteiger partial charge on any atom is -0.456 e. The Balaban J connectivity index is 1.17. The van der Waals surface area contributed by atoms with Gasteiger partial charge in [-0.3, -0.25) is 0 Å². The molecule has 0 saturated carbocycles. The Hall–Kier alpha value is -6.24. The van der Waals surface area contributed by atoms with E-state index in [-0.39, 0.29) is 0 Å². The largest absolute Gasteiger partial charge is 0.456 e. The molecule has 0 bridgehead atoms. The van der Waals surface area contributed by atoms with Crippen molar-refractivity contribution >= 4 is 39.4 Å². The summed E-state index contributed by atoms with van der Waals surface area (Å²) < 4.78 is 6.38. The Morgan fingerprint density at radius 1 is 0.577 bits per heavy atom. The van der Waals surface area contributed by atoms with Gasteiger partial charge in [0.1, 0.15) is 11.2 Å². The monoisotopic (exact) mass is 690 g/mol. The maximum atomic E-state index is 6.89. The highest BCUT2D eigenvalue weighted by molar-refractivity contribution is 7.99. The van der Waals surface area contributed by atoms with Gasteiger partial charge in [-0.25, -0.2) is 15.0 Å². The molecule has 2 aromatic heterocycles. The summed E-state index contributed by atoms with van der Waals surface area (Å²) >= 11 is 1.75. The molecule has 0 aliphatic heterocycles. The SMILES string of the molecule is Nc1cc2oc3ccccc3c2c(-c2nc(-c3ccccc3)nc(-c3ccc(-c4ccc(-c5ccccc5)cc4)cc3)n2)c1SCC1C=CC=CC1. The van der Waals surface area contributed by atoms with Crippen molar-refractivity contribution in [1.29, 1.82) is 0 Å². The van der Waals surface area contributed by atoms with Crippen LogP contribution in [0.2, 0.25) is 0 Å². The van der Waals surface area contributed by atoms with Gasteiger partial charge < -0.3 is 10.2 Å². The number of hydrogen-bond donors (Lipinski definition) is 1. The zero-order valence-corrected chi connectivity index (χ0v) is 29.1. The lowest BCUT2D eigenvalue weighted by Gasteiger charge is -2.17. The molecule has 250 valence electrons. The van der Waals surface area contributed by atoms with E-state index in [0.29, 0.717) is 34.7 Å². The predicted molar refractivity (Wildman–Crippen MR) is 216 cm³/mol. The molecule has 8 aromatic rings. The normalized spacial score (nSPS) is 14.0. The smallest absolute Gasteiger partial charge is 0.166 e. The summed E-state index contributed by atoms with van der Waals surface area (Å²) in [7, 11) is 0. The van der Waals surface area contributed by atoms with E-state index in [9.17, 15) is 0 Å². The Labute approximate surface area is 306 Å².